The van der Waals surface area contributed by atoms with Crippen molar-refractivity contribution in [2.75, 3.05) is 7.11 Å². The summed E-state index contributed by atoms with van der Waals surface area (Å²) in [6, 6.07) is 22.3. The van der Waals surface area contributed by atoms with Gasteiger partial charge in [0.25, 0.3) is 0 Å². The topological polar surface area (TPSA) is 18.5 Å². The lowest BCUT2D eigenvalue weighted by atomic mass is 10.1. The molecule has 1 atom stereocenters. The summed E-state index contributed by atoms with van der Waals surface area (Å²) in [7, 11) is 0.0236. The Hall–Kier alpha value is -1.84. The summed E-state index contributed by atoms with van der Waals surface area (Å²) in [6.45, 7) is 6.85. The lowest BCUT2D eigenvalue weighted by molar-refractivity contribution is 0.193. The van der Waals surface area contributed by atoms with Gasteiger partial charge in [-0.2, -0.15) is 0 Å². The van der Waals surface area contributed by atoms with Crippen LogP contribution in [0.1, 0.15) is 44.4 Å². The number of benzene rings is 2. The highest BCUT2D eigenvalue weighted by Crippen LogP contribution is 2.33. The van der Waals surface area contributed by atoms with Crippen LogP contribution < -0.4 is 4.74 Å². The van der Waals surface area contributed by atoms with Crippen molar-refractivity contribution in [3.8, 4) is 5.75 Å². The molecule has 0 aromatic heterocycles. The Morgan fingerprint density at radius 3 is 2.04 bits per heavy atom. The summed E-state index contributed by atoms with van der Waals surface area (Å²) >= 11 is 0. The van der Waals surface area contributed by atoms with Crippen LogP contribution in [0.2, 0.25) is 18.1 Å². The van der Waals surface area contributed by atoms with Crippen LogP contribution in [0, 0.1) is 0 Å². The molecule has 140 valence electrons. The molecule has 0 radical (unpaired) electrons. The third-order valence-electron chi connectivity index (χ3n) is 5.27. The molecule has 0 bridgehead atoms. The Morgan fingerprint density at radius 1 is 0.885 bits per heavy atom. The van der Waals surface area contributed by atoms with Gasteiger partial charge >= 0.3 is 0 Å². The van der Waals surface area contributed by atoms with Crippen LogP contribution in [0.25, 0.3) is 6.08 Å². The van der Waals surface area contributed by atoms with Gasteiger partial charge in [-0.15, -0.1) is 0 Å². The number of hydrogen-bond donors (Lipinski definition) is 0. The molecule has 0 aliphatic rings. The lowest BCUT2D eigenvalue weighted by Gasteiger charge is -2.33. The van der Waals surface area contributed by atoms with Crippen LogP contribution in [0.5, 0.6) is 5.75 Å². The minimum Gasteiger partial charge on any atom is -0.497 e. The molecule has 0 aliphatic carbocycles. The molecule has 26 heavy (non-hydrogen) atoms. The fourth-order valence-electron chi connectivity index (χ4n) is 3.26. The van der Waals surface area contributed by atoms with E-state index < -0.39 is 8.32 Å². The summed E-state index contributed by atoms with van der Waals surface area (Å²) in [5.74, 6) is 0.886. The van der Waals surface area contributed by atoms with E-state index in [1.54, 1.807) is 7.11 Å². The molecule has 2 rings (SSSR count). The maximum Gasteiger partial charge on any atom is 0.192 e. The molecule has 0 saturated carbocycles. The Labute approximate surface area is 160 Å². The SMILES string of the molecule is CC[Si](CC)(CC)OC(C/C=C/c1ccccc1)c1ccc(OC)cc1. The largest absolute Gasteiger partial charge is 0.497 e. The van der Waals surface area contributed by atoms with Gasteiger partial charge in [-0.1, -0.05) is 75.4 Å². The molecule has 0 amide bonds. The Bertz CT molecular complexity index is 652. The standard InChI is InChI=1S/C23H32O2Si/c1-5-26(6-2,7-3)25-23(21-16-18-22(24-4)19-17-21)15-11-14-20-12-9-8-10-13-20/h8-14,16-19,23H,5-7,15H2,1-4H3/b14-11+. The second-order valence-electron chi connectivity index (χ2n) is 6.67. The quantitative estimate of drug-likeness (QED) is 0.426. The van der Waals surface area contributed by atoms with Crippen LogP contribution in [-0.4, -0.2) is 15.4 Å². The number of ether oxygens (including phenoxy) is 1. The highest BCUT2D eigenvalue weighted by Gasteiger charge is 2.32. The first-order valence-corrected chi connectivity index (χ1v) is 12.2. The van der Waals surface area contributed by atoms with Gasteiger partial charge in [0, 0.05) is 0 Å². The van der Waals surface area contributed by atoms with Crippen molar-refractivity contribution in [3.05, 3.63) is 71.8 Å². The fourth-order valence-corrected chi connectivity index (χ4v) is 6.10. The molecule has 0 aliphatic heterocycles. The lowest BCUT2D eigenvalue weighted by Crippen LogP contribution is -2.37. The van der Waals surface area contributed by atoms with E-state index in [-0.39, 0.29) is 6.10 Å². The van der Waals surface area contributed by atoms with Crippen LogP contribution in [0.4, 0.5) is 0 Å². The first kappa shape index (κ1) is 20.5. The zero-order chi connectivity index (χ0) is 18.8. The second-order valence-corrected chi connectivity index (χ2v) is 11.4. The zero-order valence-corrected chi connectivity index (χ0v) is 17.6. The van der Waals surface area contributed by atoms with Gasteiger partial charge in [-0.25, -0.2) is 0 Å². The first-order valence-electron chi connectivity index (χ1n) is 9.69. The third kappa shape index (κ3) is 5.58. The Balaban J connectivity index is 2.20. The molecular formula is C23H32O2Si. The van der Waals surface area contributed by atoms with Gasteiger partial charge in [0.15, 0.2) is 8.32 Å². The second kappa shape index (κ2) is 10.3. The zero-order valence-electron chi connectivity index (χ0n) is 16.6. The van der Waals surface area contributed by atoms with E-state index in [0.717, 1.165) is 30.3 Å². The predicted octanol–water partition coefficient (Wildman–Crippen LogP) is 6.86. The highest BCUT2D eigenvalue weighted by atomic mass is 28.4. The minimum atomic E-state index is -1.68. The van der Waals surface area contributed by atoms with Crippen LogP contribution in [-0.2, 0) is 4.43 Å². The van der Waals surface area contributed by atoms with Gasteiger partial charge < -0.3 is 9.16 Å². The van der Waals surface area contributed by atoms with Crippen molar-refractivity contribution in [3.63, 3.8) is 0 Å². The number of rotatable bonds is 10. The van der Waals surface area contributed by atoms with E-state index in [4.69, 9.17) is 9.16 Å². The van der Waals surface area contributed by atoms with Gasteiger partial charge in [-0.05, 0) is 47.8 Å². The molecule has 3 heteroatoms. The van der Waals surface area contributed by atoms with E-state index in [1.807, 2.05) is 18.2 Å². The summed E-state index contributed by atoms with van der Waals surface area (Å²) < 4.78 is 12.1. The fraction of sp³-hybridized carbons (Fsp3) is 0.391. The van der Waals surface area contributed by atoms with Crippen molar-refractivity contribution in [1.82, 2.24) is 0 Å². The van der Waals surface area contributed by atoms with E-state index in [9.17, 15) is 0 Å². The van der Waals surface area contributed by atoms with Crippen LogP contribution in [0.3, 0.4) is 0 Å². The van der Waals surface area contributed by atoms with E-state index in [1.165, 1.54) is 11.1 Å². The van der Waals surface area contributed by atoms with Gasteiger partial charge in [0.2, 0.25) is 0 Å². The number of methoxy groups -OCH3 is 1. The predicted molar refractivity (Wildman–Crippen MR) is 114 cm³/mol. The molecule has 2 aromatic carbocycles. The summed E-state index contributed by atoms with van der Waals surface area (Å²) in [4.78, 5) is 0. The van der Waals surface area contributed by atoms with E-state index >= 15 is 0 Å². The normalized spacial score (nSPS) is 13.1. The summed E-state index contributed by atoms with van der Waals surface area (Å²) in [5.41, 5.74) is 2.46. The summed E-state index contributed by atoms with van der Waals surface area (Å²) in [6.07, 6.45) is 5.42. The molecule has 0 saturated heterocycles. The Kier molecular flexibility index (Phi) is 8.14. The molecule has 0 heterocycles. The smallest absolute Gasteiger partial charge is 0.192 e. The van der Waals surface area contributed by atoms with Gasteiger partial charge in [0.1, 0.15) is 5.75 Å². The average molecular weight is 369 g/mol. The molecule has 0 spiro atoms. The third-order valence-corrected chi connectivity index (χ3v) is 9.92. The summed E-state index contributed by atoms with van der Waals surface area (Å²) in [5, 5.41) is 0. The maximum atomic E-state index is 6.83. The van der Waals surface area contributed by atoms with Crippen LogP contribution >= 0.6 is 0 Å². The molecule has 2 aromatic rings. The van der Waals surface area contributed by atoms with Crippen molar-refractivity contribution in [2.24, 2.45) is 0 Å². The number of hydrogen-bond acceptors (Lipinski definition) is 2. The molecular weight excluding hydrogens is 336 g/mol. The Morgan fingerprint density at radius 2 is 1.50 bits per heavy atom. The van der Waals surface area contributed by atoms with Crippen molar-refractivity contribution in [2.45, 2.75) is 51.4 Å². The van der Waals surface area contributed by atoms with Crippen molar-refractivity contribution < 1.29 is 9.16 Å². The minimum absolute atomic E-state index is 0.104. The van der Waals surface area contributed by atoms with Gasteiger partial charge in [-0.3, -0.25) is 0 Å². The highest BCUT2D eigenvalue weighted by molar-refractivity contribution is 6.73. The monoisotopic (exact) mass is 368 g/mol. The molecule has 1 unspecified atom stereocenters. The van der Waals surface area contributed by atoms with E-state index in [2.05, 4.69) is 69.3 Å². The maximum absolute atomic E-state index is 6.83. The first-order chi connectivity index (χ1) is 12.7. The van der Waals surface area contributed by atoms with Crippen molar-refractivity contribution in [1.29, 1.82) is 0 Å². The van der Waals surface area contributed by atoms with Crippen LogP contribution in [0.15, 0.2) is 60.7 Å². The molecule has 2 nitrogen and oxygen atoms in total. The molecule has 0 fully saturated rings. The van der Waals surface area contributed by atoms with Crippen molar-refractivity contribution >= 4 is 14.4 Å². The van der Waals surface area contributed by atoms with Gasteiger partial charge in [0.05, 0.1) is 13.2 Å². The molecule has 0 N–H and O–H groups in total. The van der Waals surface area contributed by atoms with E-state index in [0.29, 0.717) is 0 Å². The average Bonchev–Trinajstić information content (AvgIpc) is 2.72.